The predicted octanol–water partition coefficient (Wildman–Crippen LogP) is 2.24. The lowest BCUT2D eigenvalue weighted by Crippen LogP contribution is -2.39. The highest BCUT2D eigenvalue weighted by Gasteiger charge is 2.16. The molecule has 1 heterocycles. The van der Waals surface area contributed by atoms with Crippen molar-refractivity contribution in [3.05, 3.63) is 30.3 Å². The molecular weight excluding hydrogens is 218 g/mol. The Morgan fingerprint density at radius 1 is 1.31 bits per heavy atom. The molecule has 0 aromatic heterocycles. The molecule has 1 aliphatic heterocycles. The zero-order valence-corrected chi connectivity index (χ0v) is 10.3. The fourth-order valence-corrected chi connectivity index (χ4v) is 2.98. The smallest absolute Gasteiger partial charge is 0.0667 e. The van der Waals surface area contributed by atoms with E-state index in [1.165, 1.54) is 4.90 Å². The molecule has 3 heteroatoms. The normalized spacial score (nSPS) is 22.2. The van der Waals surface area contributed by atoms with E-state index in [1.54, 1.807) is 0 Å². The summed E-state index contributed by atoms with van der Waals surface area (Å²) < 4.78 is 0. The van der Waals surface area contributed by atoms with Gasteiger partial charge in [-0.05, 0) is 31.5 Å². The van der Waals surface area contributed by atoms with Crippen LogP contribution in [0.2, 0.25) is 0 Å². The molecule has 1 aliphatic rings. The molecule has 1 atom stereocenters. The van der Waals surface area contributed by atoms with Crippen molar-refractivity contribution in [1.29, 1.82) is 0 Å². The van der Waals surface area contributed by atoms with Crippen molar-refractivity contribution in [1.82, 2.24) is 4.90 Å². The molecule has 2 nitrogen and oxygen atoms in total. The van der Waals surface area contributed by atoms with Crippen molar-refractivity contribution in [3.63, 3.8) is 0 Å². The first kappa shape index (κ1) is 12.0. The van der Waals surface area contributed by atoms with Crippen LogP contribution in [0.4, 0.5) is 0 Å². The van der Waals surface area contributed by atoms with Gasteiger partial charge in [0, 0.05) is 23.7 Å². The maximum Gasteiger partial charge on any atom is 0.0667 e. The highest BCUT2D eigenvalue weighted by Crippen LogP contribution is 2.18. The van der Waals surface area contributed by atoms with Crippen LogP contribution < -0.4 is 0 Å². The monoisotopic (exact) mass is 237 g/mol. The first-order valence-corrected chi connectivity index (χ1v) is 6.91. The number of thioether (sulfide) groups is 1. The number of hydrogen-bond acceptors (Lipinski definition) is 3. The second kappa shape index (κ2) is 6.28. The molecule has 16 heavy (non-hydrogen) atoms. The molecule has 0 aliphatic carbocycles. The topological polar surface area (TPSA) is 23.5 Å². The molecule has 1 N–H and O–H groups in total. The summed E-state index contributed by atoms with van der Waals surface area (Å²) >= 11 is 1.89. The van der Waals surface area contributed by atoms with E-state index in [4.69, 9.17) is 0 Å². The number of hydrogen-bond donors (Lipinski definition) is 1. The van der Waals surface area contributed by atoms with Crippen LogP contribution >= 0.6 is 11.8 Å². The van der Waals surface area contributed by atoms with Gasteiger partial charge in [0.25, 0.3) is 0 Å². The van der Waals surface area contributed by atoms with Gasteiger partial charge in [-0.15, -0.1) is 11.8 Å². The first-order valence-electron chi connectivity index (χ1n) is 5.93. The lowest BCUT2D eigenvalue weighted by Gasteiger charge is -2.29. The van der Waals surface area contributed by atoms with Gasteiger partial charge in [-0.1, -0.05) is 18.2 Å². The Morgan fingerprint density at radius 2 is 2.12 bits per heavy atom. The summed E-state index contributed by atoms with van der Waals surface area (Å²) in [7, 11) is 0. The molecule has 2 rings (SSSR count). The highest BCUT2D eigenvalue weighted by molar-refractivity contribution is 7.99. The Kier molecular flexibility index (Phi) is 4.69. The van der Waals surface area contributed by atoms with Crippen molar-refractivity contribution in [3.8, 4) is 0 Å². The molecule has 0 saturated carbocycles. The second-order valence-corrected chi connectivity index (χ2v) is 5.43. The lowest BCUT2D eigenvalue weighted by atomic mass is 10.1. The van der Waals surface area contributed by atoms with Crippen LogP contribution in [0.25, 0.3) is 0 Å². The highest BCUT2D eigenvalue weighted by atomic mass is 32.2. The summed E-state index contributed by atoms with van der Waals surface area (Å²) in [4.78, 5) is 3.70. The third-order valence-corrected chi connectivity index (χ3v) is 3.89. The van der Waals surface area contributed by atoms with Gasteiger partial charge < -0.3 is 5.11 Å². The number of piperidine rings is 1. The van der Waals surface area contributed by atoms with Crippen LogP contribution in [0, 0.1) is 0 Å². The minimum absolute atomic E-state index is 0.101. The summed E-state index contributed by atoms with van der Waals surface area (Å²) in [6.45, 7) is 3.08. The molecular formula is C13H19NOS. The number of nitrogens with zero attached hydrogens (tertiary/aromatic N) is 1. The third-order valence-electron chi connectivity index (χ3n) is 2.90. The van der Waals surface area contributed by atoms with Gasteiger partial charge in [0.05, 0.1) is 6.10 Å². The predicted molar refractivity (Wildman–Crippen MR) is 68.8 cm³/mol. The van der Waals surface area contributed by atoms with Crippen LogP contribution in [0.1, 0.15) is 12.8 Å². The Balaban J connectivity index is 1.68. The van der Waals surface area contributed by atoms with E-state index >= 15 is 0 Å². The lowest BCUT2D eigenvalue weighted by molar-refractivity contribution is 0.0743. The van der Waals surface area contributed by atoms with Gasteiger partial charge in [0.1, 0.15) is 0 Å². The number of benzene rings is 1. The molecule has 0 spiro atoms. The first-order chi connectivity index (χ1) is 7.84. The number of aliphatic hydroxyl groups is 1. The molecule has 1 fully saturated rings. The van der Waals surface area contributed by atoms with Crippen molar-refractivity contribution in [2.45, 2.75) is 23.8 Å². The average Bonchev–Trinajstić information content (AvgIpc) is 2.30. The third kappa shape index (κ3) is 3.81. The van der Waals surface area contributed by atoms with Gasteiger partial charge >= 0.3 is 0 Å². The fourth-order valence-electron chi connectivity index (χ4n) is 2.04. The van der Waals surface area contributed by atoms with Crippen molar-refractivity contribution >= 4 is 11.8 Å². The van der Waals surface area contributed by atoms with E-state index in [-0.39, 0.29) is 6.10 Å². The molecule has 1 unspecified atom stereocenters. The van der Waals surface area contributed by atoms with Crippen molar-refractivity contribution in [2.75, 3.05) is 25.4 Å². The van der Waals surface area contributed by atoms with Crippen LogP contribution in [0.15, 0.2) is 35.2 Å². The Labute approximate surface area is 102 Å². The SMILES string of the molecule is OC1CCCN(CCSc2ccccc2)C1. The van der Waals surface area contributed by atoms with Crippen LogP contribution in [-0.4, -0.2) is 41.5 Å². The summed E-state index contributed by atoms with van der Waals surface area (Å²) in [5.74, 6) is 1.11. The van der Waals surface area contributed by atoms with E-state index in [0.717, 1.165) is 38.2 Å². The fraction of sp³-hybridized carbons (Fsp3) is 0.538. The van der Waals surface area contributed by atoms with Crippen LogP contribution in [0.3, 0.4) is 0 Å². The Hall–Kier alpha value is -0.510. The van der Waals surface area contributed by atoms with E-state index in [2.05, 4.69) is 29.2 Å². The van der Waals surface area contributed by atoms with Crippen LogP contribution in [0.5, 0.6) is 0 Å². The quantitative estimate of drug-likeness (QED) is 0.812. The molecule has 1 aromatic rings. The molecule has 1 aromatic carbocycles. The van der Waals surface area contributed by atoms with Gasteiger partial charge in [0.2, 0.25) is 0 Å². The van der Waals surface area contributed by atoms with Gasteiger partial charge in [-0.25, -0.2) is 0 Å². The summed E-state index contributed by atoms with van der Waals surface area (Å²) in [5, 5.41) is 9.55. The van der Waals surface area contributed by atoms with Gasteiger partial charge in [0.15, 0.2) is 0 Å². The minimum Gasteiger partial charge on any atom is -0.392 e. The zero-order chi connectivity index (χ0) is 11.2. The number of likely N-dealkylation sites (tertiary alicyclic amines) is 1. The minimum atomic E-state index is -0.101. The second-order valence-electron chi connectivity index (χ2n) is 4.26. The molecule has 1 saturated heterocycles. The summed E-state index contributed by atoms with van der Waals surface area (Å²) in [6, 6.07) is 10.5. The number of aliphatic hydroxyl groups excluding tert-OH is 1. The van der Waals surface area contributed by atoms with Crippen LogP contribution in [-0.2, 0) is 0 Å². The molecule has 88 valence electrons. The Bertz CT molecular complexity index is 304. The number of rotatable bonds is 4. The van der Waals surface area contributed by atoms with Crippen molar-refractivity contribution < 1.29 is 5.11 Å². The van der Waals surface area contributed by atoms with Gasteiger partial charge in [-0.3, -0.25) is 4.90 Å². The average molecular weight is 237 g/mol. The maximum atomic E-state index is 9.55. The van der Waals surface area contributed by atoms with Gasteiger partial charge in [-0.2, -0.15) is 0 Å². The molecule has 0 bridgehead atoms. The standard InChI is InChI=1S/C13H19NOS/c15-12-5-4-8-14(11-12)9-10-16-13-6-2-1-3-7-13/h1-3,6-7,12,15H,4-5,8-11H2. The maximum absolute atomic E-state index is 9.55. The number of β-amino-alcohol motifs (C(OH)–C–C–N with tert-alkyl or cyclic N) is 1. The van der Waals surface area contributed by atoms with E-state index < -0.39 is 0 Å². The van der Waals surface area contributed by atoms with E-state index in [0.29, 0.717) is 0 Å². The van der Waals surface area contributed by atoms with E-state index in [9.17, 15) is 5.11 Å². The molecule has 0 amide bonds. The van der Waals surface area contributed by atoms with E-state index in [1.807, 2.05) is 17.8 Å². The molecule has 0 radical (unpaired) electrons. The largest absolute Gasteiger partial charge is 0.392 e. The van der Waals surface area contributed by atoms with Crippen molar-refractivity contribution in [2.24, 2.45) is 0 Å². The Morgan fingerprint density at radius 3 is 2.88 bits per heavy atom. The summed E-state index contributed by atoms with van der Waals surface area (Å²) in [5.41, 5.74) is 0. The zero-order valence-electron chi connectivity index (χ0n) is 9.51. The summed E-state index contributed by atoms with van der Waals surface area (Å²) in [6.07, 6.45) is 2.01.